The minimum atomic E-state index is -4.20. The molecule has 0 fully saturated rings. The lowest BCUT2D eigenvalue weighted by atomic mass is 10.2. The van der Waals surface area contributed by atoms with Crippen LogP contribution in [0.5, 0.6) is 11.5 Å². The number of esters is 1. The molecule has 0 unspecified atom stereocenters. The van der Waals surface area contributed by atoms with Crippen LogP contribution in [0.15, 0.2) is 53.4 Å². The summed E-state index contributed by atoms with van der Waals surface area (Å²) in [6, 6.07) is 12.2. The maximum atomic E-state index is 13.6. The van der Waals surface area contributed by atoms with E-state index in [2.05, 4.69) is 5.32 Å². The van der Waals surface area contributed by atoms with Gasteiger partial charge >= 0.3 is 5.97 Å². The third-order valence-electron chi connectivity index (χ3n) is 5.03. The van der Waals surface area contributed by atoms with Crippen molar-refractivity contribution in [1.82, 2.24) is 0 Å². The van der Waals surface area contributed by atoms with Gasteiger partial charge in [0.2, 0.25) is 0 Å². The minimum Gasteiger partial charge on any atom is -0.490 e. The Bertz CT molecular complexity index is 1390. The summed E-state index contributed by atoms with van der Waals surface area (Å²) in [6.07, 6.45) is 0. The Morgan fingerprint density at radius 1 is 0.973 bits per heavy atom. The summed E-state index contributed by atoms with van der Waals surface area (Å²) in [5, 5.41) is 2.63. The number of nitrogens with one attached hydrogen (secondary N) is 1. The second kappa shape index (κ2) is 12.3. The van der Waals surface area contributed by atoms with Gasteiger partial charge in [0.05, 0.1) is 35.4 Å². The fourth-order valence-corrected chi connectivity index (χ4v) is 6.22. The maximum absolute atomic E-state index is 13.6. The van der Waals surface area contributed by atoms with Gasteiger partial charge in [-0.25, -0.2) is 13.2 Å². The number of sulfonamides is 1. The summed E-state index contributed by atoms with van der Waals surface area (Å²) >= 11 is 6.98. The highest BCUT2D eigenvalue weighted by atomic mass is 35.5. The molecular weight excluding hydrogens is 540 g/mol. The molecule has 0 aliphatic rings. The third-order valence-corrected chi connectivity index (χ3v) is 8.24. The Morgan fingerprint density at radius 2 is 1.68 bits per heavy atom. The van der Waals surface area contributed by atoms with E-state index in [0.29, 0.717) is 36.1 Å². The second-order valence-corrected chi connectivity index (χ2v) is 11.1. The van der Waals surface area contributed by atoms with Crippen molar-refractivity contribution in [3.05, 3.63) is 63.3 Å². The molecule has 0 aliphatic carbocycles. The van der Waals surface area contributed by atoms with Crippen LogP contribution in [0.2, 0.25) is 4.34 Å². The van der Waals surface area contributed by atoms with Gasteiger partial charge in [-0.2, -0.15) is 0 Å². The summed E-state index contributed by atoms with van der Waals surface area (Å²) in [5.74, 6) is -0.342. The number of halogens is 1. The molecule has 37 heavy (non-hydrogen) atoms. The molecule has 1 amide bonds. The van der Waals surface area contributed by atoms with Crippen molar-refractivity contribution in [2.24, 2.45) is 0 Å². The number of carbonyl (C=O) groups excluding carboxylic acids is 2. The normalized spacial score (nSPS) is 11.1. The molecule has 0 aliphatic heterocycles. The van der Waals surface area contributed by atoms with Crippen molar-refractivity contribution in [2.45, 2.75) is 25.7 Å². The van der Waals surface area contributed by atoms with Gasteiger partial charge in [0.1, 0.15) is 9.77 Å². The molecule has 0 saturated heterocycles. The molecule has 198 valence electrons. The van der Waals surface area contributed by atoms with Crippen LogP contribution in [0.1, 0.15) is 40.8 Å². The summed E-state index contributed by atoms with van der Waals surface area (Å²) < 4.78 is 44.5. The predicted octanol–water partition coefficient (Wildman–Crippen LogP) is 5.45. The molecule has 9 nitrogen and oxygen atoms in total. The van der Waals surface area contributed by atoms with E-state index in [1.54, 1.807) is 43.3 Å². The van der Waals surface area contributed by atoms with Crippen LogP contribution in [-0.2, 0) is 14.8 Å². The first kappa shape index (κ1) is 28.3. The Labute approximate surface area is 225 Å². The number of hydrogen-bond donors (Lipinski definition) is 1. The molecule has 3 rings (SSSR count). The first-order valence-corrected chi connectivity index (χ1v) is 14.0. The van der Waals surface area contributed by atoms with Crippen molar-refractivity contribution in [3.8, 4) is 11.5 Å². The average Bonchev–Trinajstić information content (AvgIpc) is 3.28. The van der Waals surface area contributed by atoms with E-state index in [0.717, 1.165) is 15.6 Å². The average molecular weight is 567 g/mol. The number of nitrogens with zero attached hydrogens (tertiary/aromatic N) is 1. The van der Waals surface area contributed by atoms with Crippen molar-refractivity contribution >= 4 is 56.2 Å². The van der Waals surface area contributed by atoms with E-state index in [1.807, 2.05) is 13.8 Å². The smallest absolute Gasteiger partial charge is 0.338 e. The molecule has 1 heterocycles. The van der Waals surface area contributed by atoms with E-state index >= 15 is 0 Å². The summed E-state index contributed by atoms with van der Waals surface area (Å²) in [7, 11) is -2.83. The molecule has 12 heteroatoms. The molecule has 0 spiro atoms. The quantitative estimate of drug-likeness (QED) is 0.307. The van der Waals surface area contributed by atoms with E-state index in [-0.39, 0.29) is 26.3 Å². The first-order valence-electron chi connectivity index (χ1n) is 11.4. The lowest BCUT2D eigenvalue weighted by Crippen LogP contribution is -2.28. The fourth-order valence-electron chi connectivity index (χ4n) is 3.34. The van der Waals surface area contributed by atoms with Crippen LogP contribution in [0.25, 0.3) is 0 Å². The lowest BCUT2D eigenvalue weighted by molar-refractivity contribution is 0.0526. The van der Waals surface area contributed by atoms with Crippen molar-refractivity contribution in [2.75, 3.05) is 36.5 Å². The van der Waals surface area contributed by atoms with Gasteiger partial charge in [0.25, 0.3) is 15.9 Å². The van der Waals surface area contributed by atoms with Gasteiger partial charge in [-0.05, 0) is 57.2 Å². The van der Waals surface area contributed by atoms with E-state index < -0.39 is 21.9 Å². The van der Waals surface area contributed by atoms with Gasteiger partial charge in [-0.15, -0.1) is 11.3 Å². The van der Waals surface area contributed by atoms with Gasteiger partial charge in [0.15, 0.2) is 11.5 Å². The number of thiophene rings is 1. The SMILES string of the molecule is CCOC(=O)c1cccc(NC(=O)c2sc(Cl)cc2S(=O)(=O)N(C)c2ccc(OCC)c(OCC)c2)c1. The summed E-state index contributed by atoms with van der Waals surface area (Å²) in [4.78, 5) is 24.8. The lowest BCUT2D eigenvalue weighted by Gasteiger charge is -2.21. The van der Waals surface area contributed by atoms with Crippen LogP contribution in [0, 0.1) is 0 Å². The molecule has 2 aromatic carbocycles. The monoisotopic (exact) mass is 566 g/mol. The molecule has 1 N–H and O–H groups in total. The molecule has 1 aromatic heterocycles. The number of carbonyl (C=O) groups is 2. The van der Waals surface area contributed by atoms with Gasteiger partial charge in [-0.1, -0.05) is 17.7 Å². The number of hydrogen-bond acceptors (Lipinski definition) is 8. The zero-order valence-electron chi connectivity index (χ0n) is 20.7. The topological polar surface area (TPSA) is 111 Å². The number of amides is 1. The molecular formula is C25H27ClN2O7S2. The van der Waals surface area contributed by atoms with Gasteiger partial charge in [0, 0.05) is 18.8 Å². The predicted molar refractivity (Wildman–Crippen MR) is 144 cm³/mol. The molecule has 3 aromatic rings. The van der Waals surface area contributed by atoms with E-state index in [4.69, 9.17) is 25.8 Å². The Morgan fingerprint density at radius 3 is 2.35 bits per heavy atom. The summed E-state index contributed by atoms with van der Waals surface area (Å²) in [5.41, 5.74) is 0.851. The molecule has 0 radical (unpaired) electrons. The standard InChI is InChI=1S/C25H27ClN2O7S2/c1-5-33-19-12-11-18(14-20(19)34-6-2)28(4)37(31,32)21-15-22(26)36-23(21)24(29)27-17-10-8-9-16(13-17)25(30)35-7-3/h8-15H,5-7H2,1-4H3,(H,27,29). The van der Waals surface area contributed by atoms with Crippen LogP contribution in [0.3, 0.4) is 0 Å². The summed E-state index contributed by atoms with van der Waals surface area (Å²) in [6.45, 7) is 6.32. The Balaban J connectivity index is 1.92. The van der Waals surface area contributed by atoms with Crippen LogP contribution in [-0.4, -0.2) is 47.2 Å². The van der Waals surface area contributed by atoms with Crippen molar-refractivity contribution < 1.29 is 32.2 Å². The van der Waals surface area contributed by atoms with Crippen LogP contribution in [0.4, 0.5) is 11.4 Å². The minimum absolute atomic E-state index is 0.102. The van der Waals surface area contributed by atoms with Gasteiger partial charge in [-0.3, -0.25) is 9.10 Å². The number of benzene rings is 2. The van der Waals surface area contributed by atoms with E-state index in [1.165, 1.54) is 19.2 Å². The number of anilines is 2. The van der Waals surface area contributed by atoms with Crippen molar-refractivity contribution in [3.63, 3.8) is 0 Å². The third kappa shape index (κ3) is 6.54. The largest absolute Gasteiger partial charge is 0.490 e. The highest BCUT2D eigenvalue weighted by Gasteiger charge is 2.30. The Kier molecular flexibility index (Phi) is 9.41. The number of ether oxygens (including phenoxy) is 3. The maximum Gasteiger partial charge on any atom is 0.338 e. The van der Waals surface area contributed by atoms with E-state index in [9.17, 15) is 18.0 Å². The van der Waals surface area contributed by atoms with Crippen LogP contribution < -0.4 is 19.1 Å². The molecule has 0 saturated carbocycles. The highest BCUT2D eigenvalue weighted by molar-refractivity contribution is 7.93. The first-order chi connectivity index (χ1) is 17.6. The second-order valence-electron chi connectivity index (χ2n) is 7.47. The molecule has 0 bridgehead atoms. The fraction of sp³-hybridized carbons (Fsp3) is 0.280. The Hall–Kier alpha value is -3.28. The molecule has 0 atom stereocenters. The van der Waals surface area contributed by atoms with Crippen LogP contribution >= 0.6 is 22.9 Å². The highest BCUT2D eigenvalue weighted by Crippen LogP contribution is 2.37. The zero-order chi connectivity index (χ0) is 27.2. The van der Waals surface area contributed by atoms with Gasteiger partial charge < -0.3 is 19.5 Å². The van der Waals surface area contributed by atoms with Crippen molar-refractivity contribution in [1.29, 1.82) is 0 Å². The zero-order valence-corrected chi connectivity index (χ0v) is 23.1. The number of rotatable bonds is 11.